The molecule has 0 spiro atoms. The molecular formula is C8H16O3. The van der Waals surface area contributed by atoms with E-state index in [0.29, 0.717) is 13.2 Å². The van der Waals surface area contributed by atoms with Crippen LogP contribution in [0.1, 0.15) is 6.92 Å². The molecule has 66 valence electrons. The Balaban J connectivity index is 1.94. The fourth-order valence-corrected chi connectivity index (χ4v) is 0.995. The van der Waals surface area contributed by atoms with Crippen molar-refractivity contribution in [3.8, 4) is 0 Å². The van der Waals surface area contributed by atoms with Crippen molar-refractivity contribution in [3.63, 3.8) is 0 Å². The monoisotopic (exact) mass is 160 g/mol. The van der Waals surface area contributed by atoms with Crippen molar-refractivity contribution >= 4 is 0 Å². The van der Waals surface area contributed by atoms with E-state index in [9.17, 15) is 0 Å². The second-order valence-corrected chi connectivity index (χ2v) is 3.35. The van der Waals surface area contributed by atoms with Gasteiger partial charge >= 0.3 is 0 Å². The highest BCUT2D eigenvalue weighted by atomic mass is 16.5. The molecule has 0 N–H and O–H groups in total. The molecule has 0 atom stereocenters. The summed E-state index contributed by atoms with van der Waals surface area (Å²) in [5.74, 6) is 0. The van der Waals surface area contributed by atoms with Crippen LogP contribution in [0.3, 0.4) is 0 Å². The van der Waals surface area contributed by atoms with E-state index >= 15 is 0 Å². The van der Waals surface area contributed by atoms with Crippen LogP contribution in [0.15, 0.2) is 0 Å². The standard InChI is InChI=1S/C8H16O3/c1-8(6-11-7-8)5-10-4-3-9-2/h3-7H2,1-2H3. The molecule has 0 bridgehead atoms. The van der Waals surface area contributed by atoms with Crippen molar-refractivity contribution in [2.75, 3.05) is 40.1 Å². The van der Waals surface area contributed by atoms with Crippen LogP contribution in [0.2, 0.25) is 0 Å². The number of ether oxygens (including phenoxy) is 3. The third kappa shape index (κ3) is 2.77. The van der Waals surface area contributed by atoms with Crippen LogP contribution in [0.4, 0.5) is 0 Å². The molecule has 1 rings (SSSR count). The van der Waals surface area contributed by atoms with Gasteiger partial charge in [-0.2, -0.15) is 0 Å². The molecule has 1 saturated heterocycles. The third-order valence-corrected chi connectivity index (χ3v) is 1.78. The summed E-state index contributed by atoms with van der Waals surface area (Å²) in [5, 5.41) is 0. The Bertz CT molecular complexity index is 110. The minimum absolute atomic E-state index is 0.272. The van der Waals surface area contributed by atoms with E-state index in [4.69, 9.17) is 14.2 Å². The van der Waals surface area contributed by atoms with Gasteiger partial charge in [0, 0.05) is 12.5 Å². The van der Waals surface area contributed by atoms with Crippen LogP contribution >= 0.6 is 0 Å². The molecule has 1 aliphatic rings. The maximum atomic E-state index is 5.38. The van der Waals surface area contributed by atoms with Crippen LogP contribution in [-0.4, -0.2) is 40.1 Å². The lowest BCUT2D eigenvalue weighted by molar-refractivity contribution is -0.140. The summed E-state index contributed by atoms with van der Waals surface area (Å²) in [5.41, 5.74) is 0.272. The second kappa shape index (κ2) is 4.04. The third-order valence-electron chi connectivity index (χ3n) is 1.78. The average molecular weight is 160 g/mol. The molecule has 0 aromatic carbocycles. The lowest BCUT2D eigenvalue weighted by Gasteiger charge is -2.37. The fraction of sp³-hybridized carbons (Fsp3) is 1.00. The molecule has 0 unspecified atom stereocenters. The van der Waals surface area contributed by atoms with E-state index in [0.717, 1.165) is 19.8 Å². The average Bonchev–Trinajstić information content (AvgIpc) is 1.95. The normalized spacial score (nSPS) is 21.3. The molecule has 0 saturated carbocycles. The maximum Gasteiger partial charge on any atom is 0.0700 e. The Kier molecular flexibility index (Phi) is 3.30. The van der Waals surface area contributed by atoms with Crippen LogP contribution in [0, 0.1) is 5.41 Å². The first-order valence-electron chi connectivity index (χ1n) is 3.91. The summed E-state index contributed by atoms with van der Waals surface area (Å²) in [7, 11) is 1.68. The topological polar surface area (TPSA) is 27.7 Å². The molecule has 0 aliphatic carbocycles. The number of rotatable bonds is 5. The molecular weight excluding hydrogens is 144 g/mol. The second-order valence-electron chi connectivity index (χ2n) is 3.35. The summed E-state index contributed by atoms with van der Waals surface area (Å²) in [6.07, 6.45) is 0. The molecule has 0 aromatic heterocycles. The Morgan fingerprint density at radius 2 is 2.09 bits per heavy atom. The van der Waals surface area contributed by atoms with Crippen LogP contribution in [-0.2, 0) is 14.2 Å². The summed E-state index contributed by atoms with van der Waals surface area (Å²) in [6, 6.07) is 0. The molecule has 3 nitrogen and oxygen atoms in total. The number of hydrogen-bond acceptors (Lipinski definition) is 3. The van der Waals surface area contributed by atoms with E-state index in [1.807, 2.05) is 0 Å². The highest BCUT2D eigenvalue weighted by Gasteiger charge is 2.33. The van der Waals surface area contributed by atoms with Gasteiger partial charge in [0.2, 0.25) is 0 Å². The van der Waals surface area contributed by atoms with Crippen molar-refractivity contribution in [1.82, 2.24) is 0 Å². The lowest BCUT2D eigenvalue weighted by atomic mass is 9.90. The number of hydrogen-bond donors (Lipinski definition) is 0. The minimum Gasteiger partial charge on any atom is -0.382 e. The first-order chi connectivity index (χ1) is 5.27. The van der Waals surface area contributed by atoms with Crippen molar-refractivity contribution in [3.05, 3.63) is 0 Å². The summed E-state index contributed by atoms with van der Waals surface area (Å²) >= 11 is 0. The van der Waals surface area contributed by atoms with Crippen molar-refractivity contribution in [2.45, 2.75) is 6.92 Å². The van der Waals surface area contributed by atoms with Crippen molar-refractivity contribution < 1.29 is 14.2 Å². The van der Waals surface area contributed by atoms with Crippen LogP contribution < -0.4 is 0 Å². The highest BCUT2D eigenvalue weighted by Crippen LogP contribution is 2.26. The van der Waals surface area contributed by atoms with Crippen molar-refractivity contribution in [1.29, 1.82) is 0 Å². The molecule has 1 fully saturated rings. The zero-order chi connectivity index (χ0) is 8.16. The van der Waals surface area contributed by atoms with Crippen molar-refractivity contribution in [2.24, 2.45) is 5.41 Å². The van der Waals surface area contributed by atoms with Gasteiger partial charge in [0.1, 0.15) is 0 Å². The quantitative estimate of drug-likeness (QED) is 0.554. The fourth-order valence-electron chi connectivity index (χ4n) is 0.995. The molecule has 11 heavy (non-hydrogen) atoms. The van der Waals surface area contributed by atoms with Gasteiger partial charge in [-0.3, -0.25) is 0 Å². The van der Waals surface area contributed by atoms with Gasteiger partial charge in [0.15, 0.2) is 0 Å². The van der Waals surface area contributed by atoms with Gasteiger partial charge in [-0.25, -0.2) is 0 Å². The molecule has 1 aliphatic heterocycles. The zero-order valence-electron chi connectivity index (χ0n) is 7.26. The predicted molar refractivity (Wildman–Crippen MR) is 41.6 cm³/mol. The van der Waals surface area contributed by atoms with Gasteiger partial charge in [-0.15, -0.1) is 0 Å². The van der Waals surface area contributed by atoms with E-state index < -0.39 is 0 Å². The Hall–Kier alpha value is -0.120. The summed E-state index contributed by atoms with van der Waals surface area (Å²) < 4.78 is 15.3. The van der Waals surface area contributed by atoms with Gasteiger partial charge in [-0.1, -0.05) is 6.92 Å². The first-order valence-corrected chi connectivity index (χ1v) is 3.91. The summed E-state index contributed by atoms with van der Waals surface area (Å²) in [6.45, 7) is 5.99. The van der Waals surface area contributed by atoms with E-state index in [1.54, 1.807) is 7.11 Å². The van der Waals surface area contributed by atoms with Gasteiger partial charge in [0.25, 0.3) is 0 Å². The van der Waals surface area contributed by atoms with E-state index in [1.165, 1.54) is 0 Å². The SMILES string of the molecule is COCCOCC1(C)COC1. The predicted octanol–water partition coefficient (Wildman–Crippen LogP) is 0.686. The zero-order valence-corrected chi connectivity index (χ0v) is 7.26. The molecule has 0 radical (unpaired) electrons. The lowest BCUT2D eigenvalue weighted by Crippen LogP contribution is -2.43. The van der Waals surface area contributed by atoms with E-state index in [-0.39, 0.29) is 5.41 Å². The van der Waals surface area contributed by atoms with Gasteiger partial charge < -0.3 is 14.2 Å². The van der Waals surface area contributed by atoms with Crippen LogP contribution in [0.5, 0.6) is 0 Å². The smallest absolute Gasteiger partial charge is 0.0700 e. The summed E-state index contributed by atoms with van der Waals surface area (Å²) in [4.78, 5) is 0. The number of methoxy groups -OCH3 is 1. The molecule has 0 amide bonds. The van der Waals surface area contributed by atoms with Gasteiger partial charge in [-0.05, 0) is 0 Å². The highest BCUT2D eigenvalue weighted by molar-refractivity contribution is 4.79. The largest absolute Gasteiger partial charge is 0.382 e. The Morgan fingerprint density at radius 3 is 2.55 bits per heavy atom. The van der Waals surface area contributed by atoms with Gasteiger partial charge in [0.05, 0.1) is 33.0 Å². The molecule has 3 heteroatoms. The van der Waals surface area contributed by atoms with Crippen LogP contribution in [0.25, 0.3) is 0 Å². The van der Waals surface area contributed by atoms with E-state index in [2.05, 4.69) is 6.92 Å². The maximum absolute atomic E-state index is 5.38. The Labute approximate surface area is 67.6 Å². The molecule has 0 aromatic rings. The minimum atomic E-state index is 0.272. The first kappa shape index (κ1) is 8.97. The Morgan fingerprint density at radius 1 is 1.36 bits per heavy atom. The molecule has 1 heterocycles.